The molecule has 8 heteroatoms. The number of hydrogen-bond acceptors (Lipinski definition) is 1. The van der Waals surface area contributed by atoms with E-state index in [2.05, 4.69) is 0 Å². The number of nitrogens with two attached hydrogens (primary N) is 1. The van der Waals surface area contributed by atoms with Gasteiger partial charge < -0.3 is 5.73 Å². The first kappa shape index (κ1) is 23.6. The number of halogens is 7. The molecule has 0 heterocycles. The molecule has 0 aliphatic carbocycles. The van der Waals surface area contributed by atoms with Crippen molar-refractivity contribution in [3.63, 3.8) is 0 Å². The molecule has 3 aromatic rings. The lowest BCUT2D eigenvalue weighted by molar-refractivity contribution is -0.370. The minimum Gasteiger partial charge on any atom is -0.399 e. The van der Waals surface area contributed by atoms with Crippen molar-refractivity contribution >= 4 is 5.69 Å². The molecule has 0 bridgehead atoms. The third kappa shape index (κ3) is 4.18. The summed E-state index contributed by atoms with van der Waals surface area (Å²) >= 11 is 0. The minimum atomic E-state index is -6.46. The standard InChI is InChI=1S/C24H20F7N/c25-22(26,23(27,28)24(29,30)31)21(15-17-7-3-1-4-8-17,16-18-9-5-2-6-10-18)19-11-13-20(32)14-12-19/h1-14H,15-16,32H2. The zero-order valence-corrected chi connectivity index (χ0v) is 16.7. The van der Waals surface area contributed by atoms with Crippen molar-refractivity contribution in [3.8, 4) is 0 Å². The second kappa shape index (κ2) is 8.48. The van der Waals surface area contributed by atoms with E-state index in [0.717, 1.165) is 12.1 Å². The van der Waals surface area contributed by atoms with Crippen molar-refractivity contribution < 1.29 is 30.7 Å². The van der Waals surface area contributed by atoms with Gasteiger partial charge >= 0.3 is 18.0 Å². The minimum absolute atomic E-state index is 0.160. The smallest absolute Gasteiger partial charge is 0.399 e. The van der Waals surface area contributed by atoms with E-state index in [1.54, 1.807) is 12.1 Å². The lowest BCUT2D eigenvalue weighted by atomic mass is 9.65. The molecule has 0 unspecified atom stereocenters. The van der Waals surface area contributed by atoms with E-state index in [4.69, 9.17) is 5.73 Å². The molecule has 0 saturated heterocycles. The molecule has 0 atom stereocenters. The molecule has 0 saturated carbocycles. The molecular weight excluding hydrogens is 435 g/mol. The van der Waals surface area contributed by atoms with Crippen molar-refractivity contribution in [2.24, 2.45) is 0 Å². The highest BCUT2D eigenvalue weighted by Crippen LogP contribution is 2.57. The summed E-state index contributed by atoms with van der Waals surface area (Å²) < 4.78 is 100. The summed E-state index contributed by atoms with van der Waals surface area (Å²) in [6.45, 7) is 0. The van der Waals surface area contributed by atoms with Gasteiger partial charge in [-0.1, -0.05) is 72.8 Å². The van der Waals surface area contributed by atoms with E-state index in [1.165, 1.54) is 60.7 Å². The first-order chi connectivity index (χ1) is 14.9. The number of alkyl halides is 7. The SMILES string of the molecule is Nc1ccc(C(Cc2ccccc2)(Cc2ccccc2)C(F)(F)C(F)(F)C(F)(F)F)cc1. The van der Waals surface area contributed by atoms with Crippen LogP contribution in [-0.2, 0) is 18.3 Å². The van der Waals surface area contributed by atoms with Crippen LogP contribution in [0.15, 0.2) is 84.9 Å². The molecule has 32 heavy (non-hydrogen) atoms. The fraction of sp³-hybridized carbons (Fsp3) is 0.250. The highest BCUT2D eigenvalue weighted by Gasteiger charge is 2.79. The van der Waals surface area contributed by atoms with Gasteiger partial charge in [0.2, 0.25) is 0 Å². The zero-order valence-electron chi connectivity index (χ0n) is 16.7. The lowest BCUT2D eigenvalue weighted by Gasteiger charge is -2.45. The molecule has 1 nitrogen and oxygen atoms in total. The Kier molecular flexibility index (Phi) is 6.26. The first-order valence-corrected chi connectivity index (χ1v) is 9.67. The van der Waals surface area contributed by atoms with Gasteiger partial charge in [-0.2, -0.15) is 30.7 Å². The Morgan fingerprint density at radius 2 is 0.938 bits per heavy atom. The van der Waals surface area contributed by atoms with Gasteiger partial charge in [0.15, 0.2) is 0 Å². The van der Waals surface area contributed by atoms with Crippen molar-refractivity contribution in [1.29, 1.82) is 0 Å². The van der Waals surface area contributed by atoms with Crippen molar-refractivity contribution in [1.82, 2.24) is 0 Å². The molecule has 0 amide bonds. The molecule has 0 radical (unpaired) electrons. The third-order valence-corrected chi connectivity index (χ3v) is 5.51. The largest absolute Gasteiger partial charge is 0.459 e. The van der Waals surface area contributed by atoms with Crippen LogP contribution in [0.2, 0.25) is 0 Å². The normalized spacial score (nSPS) is 13.2. The number of rotatable bonds is 7. The van der Waals surface area contributed by atoms with E-state index < -0.39 is 36.3 Å². The molecule has 2 N–H and O–H groups in total. The van der Waals surface area contributed by atoms with Crippen LogP contribution in [0.1, 0.15) is 16.7 Å². The highest BCUT2D eigenvalue weighted by molar-refractivity contribution is 5.45. The number of hydrogen-bond donors (Lipinski definition) is 1. The maximum atomic E-state index is 15.7. The summed E-state index contributed by atoms with van der Waals surface area (Å²) in [6.07, 6.45) is -7.97. The summed E-state index contributed by atoms with van der Waals surface area (Å²) in [5.74, 6) is -11.8. The van der Waals surface area contributed by atoms with Crippen LogP contribution in [0.3, 0.4) is 0 Å². The maximum Gasteiger partial charge on any atom is 0.459 e. The predicted molar refractivity (Wildman–Crippen MR) is 109 cm³/mol. The van der Waals surface area contributed by atoms with Crippen LogP contribution in [0.4, 0.5) is 36.4 Å². The van der Waals surface area contributed by atoms with E-state index in [-0.39, 0.29) is 22.4 Å². The fourth-order valence-electron chi connectivity index (χ4n) is 3.84. The zero-order chi connectivity index (χ0) is 23.6. The van der Waals surface area contributed by atoms with Crippen LogP contribution < -0.4 is 5.73 Å². The first-order valence-electron chi connectivity index (χ1n) is 9.67. The molecule has 0 aliphatic rings. The molecule has 3 aromatic carbocycles. The predicted octanol–water partition coefficient (Wildman–Crippen LogP) is 6.82. The lowest BCUT2D eigenvalue weighted by Crippen LogP contribution is -2.64. The van der Waals surface area contributed by atoms with Crippen molar-refractivity contribution in [2.75, 3.05) is 5.73 Å². The number of nitrogen functional groups attached to an aromatic ring is 1. The Bertz CT molecular complexity index is 972. The van der Waals surface area contributed by atoms with E-state index in [9.17, 15) is 22.0 Å². The van der Waals surface area contributed by atoms with Gasteiger partial charge in [0.05, 0.1) is 5.41 Å². The van der Waals surface area contributed by atoms with Crippen LogP contribution in [-0.4, -0.2) is 18.0 Å². The Balaban J connectivity index is 2.32. The second-order valence-electron chi connectivity index (χ2n) is 7.68. The van der Waals surface area contributed by atoms with E-state index in [0.29, 0.717) is 0 Å². The molecule has 0 fully saturated rings. The summed E-state index contributed by atoms with van der Waals surface area (Å²) in [6, 6.07) is 19.5. The topological polar surface area (TPSA) is 26.0 Å². The van der Waals surface area contributed by atoms with Crippen LogP contribution in [0.25, 0.3) is 0 Å². The van der Waals surface area contributed by atoms with Crippen LogP contribution in [0.5, 0.6) is 0 Å². The van der Waals surface area contributed by atoms with Gasteiger partial charge in [-0.05, 0) is 41.7 Å². The van der Waals surface area contributed by atoms with Gasteiger partial charge in [0, 0.05) is 5.69 Å². The molecule has 170 valence electrons. The van der Waals surface area contributed by atoms with Gasteiger partial charge in [0.25, 0.3) is 0 Å². The van der Waals surface area contributed by atoms with Gasteiger partial charge in [-0.15, -0.1) is 0 Å². The maximum absolute atomic E-state index is 15.7. The van der Waals surface area contributed by atoms with Crippen molar-refractivity contribution in [2.45, 2.75) is 36.3 Å². The average molecular weight is 455 g/mol. The highest BCUT2D eigenvalue weighted by atomic mass is 19.4. The van der Waals surface area contributed by atoms with E-state index in [1.807, 2.05) is 0 Å². The van der Waals surface area contributed by atoms with E-state index >= 15 is 8.78 Å². The Morgan fingerprint density at radius 3 is 1.31 bits per heavy atom. The quantitative estimate of drug-likeness (QED) is 0.307. The van der Waals surface area contributed by atoms with Crippen LogP contribution >= 0.6 is 0 Å². The molecule has 0 spiro atoms. The summed E-state index contributed by atoms with van der Waals surface area (Å²) in [7, 11) is 0. The number of anilines is 1. The average Bonchev–Trinajstić information content (AvgIpc) is 2.74. The molecule has 0 aliphatic heterocycles. The van der Waals surface area contributed by atoms with Gasteiger partial charge in [-0.25, -0.2) is 0 Å². The summed E-state index contributed by atoms with van der Waals surface area (Å²) in [5, 5.41) is 0. The summed E-state index contributed by atoms with van der Waals surface area (Å²) in [4.78, 5) is 0. The molecule has 0 aromatic heterocycles. The van der Waals surface area contributed by atoms with Crippen molar-refractivity contribution in [3.05, 3.63) is 102 Å². The van der Waals surface area contributed by atoms with Gasteiger partial charge in [0.1, 0.15) is 0 Å². The number of benzene rings is 3. The molecule has 3 rings (SSSR count). The second-order valence-corrected chi connectivity index (χ2v) is 7.68. The fourth-order valence-corrected chi connectivity index (χ4v) is 3.84. The Hall–Kier alpha value is -3.03. The monoisotopic (exact) mass is 455 g/mol. The van der Waals surface area contributed by atoms with Gasteiger partial charge in [-0.3, -0.25) is 0 Å². The Morgan fingerprint density at radius 1 is 0.531 bits per heavy atom. The molecular formula is C24H20F7N. The summed E-state index contributed by atoms with van der Waals surface area (Å²) in [5.41, 5.74) is 2.87. The Labute approximate surface area is 180 Å². The van der Waals surface area contributed by atoms with Crippen LogP contribution in [0, 0.1) is 0 Å². The third-order valence-electron chi connectivity index (χ3n) is 5.51.